The van der Waals surface area contributed by atoms with E-state index in [1.54, 1.807) is 31.5 Å². The van der Waals surface area contributed by atoms with Crippen LogP contribution in [0.2, 0.25) is 0 Å². The summed E-state index contributed by atoms with van der Waals surface area (Å²) in [6, 6.07) is 15.0. The van der Waals surface area contributed by atoms with Crippen molar-refractivity contribution in [3.05, 3.63) is 77.3 Å². The van der Waals surface area contributed by atoms with E-state index >= 15 is 0 Å². The van der Waals surface area contributed by atoms with Crippen LogP contribution in [0.3, 0.4) is 0 Å². The first-order chi connectivity index (χ1) is 16.0. The molecule has 7 nitrogen and oxygen atoms in total. The second-order valence-corrected chi connectivity index (χ2v) is 8.51. The van der Waals surface area contributed by atoms with E-state index < -0.39 is 0 Å². The molecular weight excluding hydrogens is 438 g/mol. The molecule has 0 atom stereocenters. The van der Waals surface area contributed by atoms with Crippen molar-refractivity contribution in [3.63, 3.8) is 0 Å². The highest BCUT2D eigenvalue weighted by Crippen LogP contribution is 2.37. The number of thioether (sulfide) groups is 1. The molecule has 0 spiro atoms. The maximum absolute atomic E-state index is 13.2. The predicted octanol–water partition coefficient (Wildman–Crippen LogP) is 6.14. The molecule has 1 amide bonds. The largest absolute Gasteiger partial charge is 0.495 e. The van der Waals surface area contributed by atoms with Gasteiger partial charge in [0.15, 0.2) is 0 Å². The quantitative estimate of drug-likeness (QED) is 0.305. The topological polar surface area (TPSA) is 90.4 Å². The summed E-state index contributed by atoms with van der Waals surface area (Å²) in [5, 5.41) is 9.50. The highest BCUT2D eigenvalue weighted by atomic mass is 32.2. The SMILES string of the molecule is COc1cc2c(cc1NC(=O)c1cccnc1SCc1c(C)noc1C)oc1ccccc12. The number of aryl methyl sites for hydroxylation is 2. The van der Waals surface area contributed by atoms with E-state index in [9.17, 15) is 4.79 Å². The lowest BCUT2D eigenvalue weighted by Gasteiger charge is -2.12. The normalized spacial score (nSPS) is 11.2. The summed E-state index contributed by atoms with van der Waals surface area (Å²) in [4.78, 5) is 17.6. The van der Waals surface area contributed by atoms with E-state index in [4.69, 9.17) is 13.7 Å². The Balaban J connectivity index is 1.44. The molecule has 8 heteroatoms. The number of pyridine rings is 1. The van der Waals surface area contributed by atoms with Gasteiger partial charge in [-0.25, -0.2) is 4.98 Å². The fourth-order valence-electron chi connectivity index (χ4n) is 3.73. The average Bonchev–Trinajstić information content (AvgIpc) is 3.35. The van der Waals surface area contributed by atoms with Crippen LogP contribution in [-0.4, -0.2) is 23.2 Å². The van der Waals surface area contributed by atoms with Crippen LogP contribution in [0.1, 0.15) is 27.4 Å². The standard InChI is InChI=1S/C25H21N3O4S/c1-14-19(15(2)32-28-14)13-33-25-17(8-6-10-26-25)24(29)27-20-12-22-18(11-23(20)30-3)16-7-4-5-9-21(16)31-22/h4-12H,13H2,1-3H3,(H,27,29). The first-order valence-electron chi connectivity index (χ1n) is 10.4. The zero-order chi connectivity index (χ0) is 22.9. The monoisotopic (exact) mass is 459 g/mol. The number of nitrogens with one attached hydrogen (secondary N) is 1. The number of fused-ring (bicyclic) bond motifs is 3. The zero-order valence-corrected chi connectivity index (χ0v) is 19.2. The number of carbonyl (C=O) groups excluding carboxylic acids is 1. The van der Waals surface area contributed by atoms with Gasteiger partial charge in [-0.1, -0.05) is 23.4 Å². The Morgan fingerprint density at radius 3 is 2.73 bits per heavy atom. The van der Waals surface area contributed by atoms with E-state index in [2.05, 4.69) is 15.5 Å². The Hall–Kier alpha value is -3.78. The van der Waals surface area contributed by atoms with Crippen molar-refractivity contribution in [3.8, 4) is 5.75 Å². The molecule has 0 fully saturated rings. The average molecular weight is 460 g/mol. The highest BCUT2D eigenvalue weighted by molar-refractivity contribution is 7.98. The molecule has 0 saturated heterocycles. The van der Waals surface area contributed by atoms with E-state index in [0.717, 1.165) is 33.4 Å². The van der Waals surface area contributed by atoms with Crippen molar-refractivity contribution < 1.29 is 18.5 Å². The summed E-state index contributed by atoms with van der Waals surface area (Å²) in [6.07, 6.45) is 1.67. The molecule has 0 unspecified atom stereocenters. The Morgan fingerprint density at radius 1 is 1.09 bits per heavy atom. The minimum atomic E-state index is -0.280. The van der Waals surface area contributed by atoms with Crippen molar-refractivity contribution in [1.82, 2.24) is 10.1 Å². The van der Waals surface area contributed by atoms with Crippen LogP contribution in [0.25, 0.3) is 21.9 Å². The summed E-state index contributed by atoms with van der Waals surface area (Å²) in [5.41, 5.74) is 4.30. The number of furan rings is 1. The molecule has 0 aliphatic carbocycles. The van der Waals surface area contributed by atoms with Gasteiger partial charge < -0.3 is 19.0 Å². The minimum absolute atomic E-state index is 0.280. The molecule has 0 aliphatic heterocycles. The minimum Gasteiger partial charge on any atom is -0.495 e. The Kier molecular flexibility index (Phi) is 5.51. The Bertz CT molecular complexity index is 1470. The Morgan fingerprint density at radius 2 is 1.94 bits per heavy atom. The van der Waals surface area contributed by atoms with Crippen LogP contribution in [0, 0.1) is 13.8 Å². The van der Waals surface area contributed by atoms with E-state index in [0.29, 0.717) is 33.4 Å². The molecular formula is C25H21N3O4S. The molecule has 0 aliphatic rings. The zero-order valence-electron chi connectivity index (χ0n) is 18.3. The van der Waals surface area contributed by atoms with Gasteiger partial charge in [-0.2, -0.15) is 0 Å². The van der Waals surface area contributed by atoms with Gasteiger partial charge in [0, 0.05) is 34.4 Å². The Labute approximate surface area is 194 Å². The van der Waals surface area contributed by atoms with Crippen LogP contribution in [0.15, 0.2) is 68.7 Å². The summed E-state index contributed by atoms with van der Waals surface area (Å²) >= 11 is 1.47. The summed E-state index contributed by atoms with van der Waals surface area (Å²) in [7, 11) is 1.58. The van der Waals surface area contributed by atoms with Crippen LogP contribution < -0.4 is 10.1 Å². The number of methoxy groups -OCH3 is 1. The molecule has 1 N–H and O–H groups in total. The third-order valence-electron chi connectivity index (χ3n) is 5.50. The van der Waals surface area contributed by atoms with Crippen molar-refractivity contribution in [2.45, 2.75) is 24.6 Å². The molecule has 5 aromatic rings. The number of ether oxygens (including phenoxy) is 1. The number of para-hydroxylation sites is 1. The maximum Gasteiger partial charge on any atom is 0.258 e. The molecule has 3 heterocycles. The van der Waals surface area contributed by atoms with Gasteiger partial charge in [0.1, 0.15) is 27.7 Å². The van der Waals surface area contributed by atoms with Gasteiger partial charge in [0.2, 0.25) is 0 Å². The van der Waals surface area contributed by atoms with Crippen molar-refractivity contribution >= 4 is 45.3 Å². The molecule has 0 bridgehead atoms. The molecule has 166 valence electrons. The van der Waals surface area contributed by atoms with Crippen molar-refractivity contribution in [2.24, 2.45) is 0 Å². The number of benzene rings is 2. The van der Waals surface area contributed by atoms with Crippen LogP contribution in [-0.2, 0) is 5.75 Å². The van der Waals surface area contributed by atoms with Crippen LogP contribution in [0.5, 0.6) is 5.75 Å². The number of hydrogen-bond donors (Lipinski definition) is 1. The first kappa shape index (κ1) is 21.1. The maximum atomic E-state index is 13.2. The number of carbonyl (C=O) groups is 1. The lowest BCUT2D eigenvalue weighted by Crippen LogP contribution is -2.14. The van der Waals surface area contributed by atoms with E-state index in [1.165, 1.54) is 11.8 Å². The summed E-state index contributed by atoms with van der Waals surface area (Å²) in [6.45, 7) is 3.78. The van der Waals surface area contributed by atoms with Crippen molar-refractivity contribution in [2.75, 3.05) is 12.4 Å². The van der Waals surface area contributed by atoms with Crippen molar-refractivity contribution in [1.29, 1.82) is 0 Å². The van der Waals surface area contributed by atoms with Gasteiger partial charge in [-0.3, -0.25) is 4.79 Å². The number of rotatable bonds is 6. The molecule has 33 heavy (non-hydrogen) atoms. The number of aromatic nitrogens is 2. The van der Waals surface area contributed by atoms with Gasteiger partial charge in [0.25, 0.3) is 5.91 Å². The second kappa shape index (κ2) is 8.63. The lowest BCUT2D eigenvalue weighted by atomic mass is 10.1. The van der Waals surface area contributed by atoms with E-state index in [1.807, 2.05) is 44.2 Å². The van der Waals surface area contributed by atoms with E-state index in [-0.39, 0.29) is 5.91 Å². The van der Waals surface area contributed by atoms with Gasteiger partial charge in [0.05, 0.1) is 24.1 Å². The number of amides is 1. The second-order valence-electron chi connectivity index (χ2n) is 7.55. The summed E-state index contributed by atoms with van der Waals surface area (Å²) in [5.74, 6) is 1.65. The number of hydrogen-bond acceptors (Lipinski definition) is 7. The third kappa shape index (κ3) is 3.93. The fraction of sp³-hybridized carbons (Fsp3) is 0.160. The molecule has 0 saturated carbocycles. The first-order valence-corrected chi connectivity index (χ1v) is 11.3. The summed E-state index contributed by atoms with van der Waals surface area (Å²) < 4.78 is 16.8. The van der Waals surface area contributed by atoms with Crippen LogP contribution in [0.4, 0.5) is 5.69 Å². The smallest absolute Gasteiger partial charge is 0.258 e. The fourth-order valence-corrected chi connectivity index (χ4v) is 4.88. The molecule has 0 radical (unpaired) electrons. The lowest BCUT2D eigenvalue weighted by molar-refractivity contribution is 0.102. The van der Waals surface area contributed by atoms with Crippen LogP contribution >= 0.6 is 11.8 Å². The molecule has 3 aromatic heterocycles. The number of anilines is 1. The van der Waals surface area contributed by atoms with Gasteiger partial charge in [-0.15, -0.1) is 11.8 Å². The van der Waals surface area contributed by atoms with Gasteiger partial charge >= 0.3 is 0 Å². The number of nitrogens with zero attached hydrogens (tertiary/aromatic N) is 2. The third-order valence-corrected chi connectivity index (χ3v) is 6.53. The predicted molar refractivity (Wildman–Crippen MR) is 128 cm³/mol. The molecule has 5 rings (SSSR count). The molecule has 2 aromatic carbocycles. The van der Waals surface area contributed by atoms with Gasteiger partial charge in [-0.05, 0) is 38.1 Å². The highest BCUT2D eigenvalue weighted by Gasteiger charge is 2.18.